The van der Waals surface area contributed by atoms with Crippen molar-refractivity contribution in [3.63, 3.8) is 0 Å². The molecule has 0 fully saturated rings. The Morgan fingerprint density at radius 3 is 2.88 bits per heavy atom. The van der Waals surface area contributed by atoms with Crippen LogP contribution in [0, 0.1) is 11.6 Å². The van der Waals surface area contributed by atoms with Crippen LogP contribution in [0.1, 0.15) is 23.5 Å². The number of carbonyl (C=O) groups is 1. The van der Waals surface area contributed by atoms with E-state index in [1.54, 1.807) is 18.5 Å². The number of allylic oxidation sites excluding steroid dienone is 1. The molecule has 2 heterocycles. The number of thiazole rings is 1. The zero-order valence-electron chi connectivity index (χ0n) is 13.6. The number of ether oxygens (including phenoxy) is 1. The van der Waals surface area contributed by atoms with E-state index in [1.165, 1.54) is 23.5 Å². The third kappa shape index (κ3) is 3.54. The lowest BCUT2D eigenvalue weighted by atomic mass is 9.95. The van der Waals surface area contributed by atoms with Crippen LogP contribution < -0.4 is 5.32 Å². The molecular weight excluding hydrogens is 428 g/mol. The van der Waals surface area contributed by atoms with Gasteiger partial charge in [0.05, 0.1) is 12.2 Å². The first-order chi connectivity index (χ1) is 12.6. The van der Waals surface area contributed by atoms with Crippen LogP contribution in [-0.4, -0.2) is 28.7 Å². The van der Waals surface area contributed by atoms with Crippen molar-refractivity contribution in [2.75, 3.05) is 11.9 Å². The average Bonchev–Trinajstić information content (AvgIpc) is 3.18. The number of aromatic nitrogens is 1. The Hall–Kier alpha value is -2.13. The third-order valence-corrected chi connectivity index (χ3v) is 5.01. The van der Waals surface area contributed by atoms with E-state index in [-0.39, 0.29) is 23.1 Å². The van der Waals surface area contributed by atoms with Crippen LogP contribution in [0.15, 0.2) is 46.0 Å². The average molecular weight is 442 g/mol. The summed E-state index contributed by atoms with van der Waals surface area (Å²) in [5.41, 5.74) is 0.563. The Kier molecular flexibility index (Phi) is 5.77. The summed E-state index contributed by atoms with van der Waals surface area (Å²) in [6.45, 7) is 1.82. The second-order valence-corrected chi connectivity index (χ2v) is 6.69. The van der Waals surface area contributed by atoms with Crippen molar-refractivity contribution in [2.24, 2.45) is 4.99 Å². The number of esters is 1. The van der Waals surface area contributed by atoms with Gasteiger partial charge >= 0.3 is 5.97 Å². The van der Waals surface area contributed by atoms with E-state index in [0.29, 0.717) is 16.5 Å². The minimum Gasteiger partial charge on any atom is -0.463 e. The van der Waals surface area contributed by atoms with E-state index >= 15 is 0 Å². The number of nitrogens with zero attached hydrogens (tertiary/aromatic N) is 2. The molecule has 0 spiro atoms. The first-order valence-electron chi connectivity index (χ1n) is 7.71. The molecule has 0 bridgehead atoms. The summed E-state index contributed by atoms with van der Waals surface area (Å²) in [7, 11) is 0. The molecule has 1 aromatic heterocycles. The molecule has 0 aliphatic carbocycles. The maximum atomic E-state index is 14.4. The van der Waals surface area contributed by atoms with Gasteiger partial charge in [-0.3, -0.25) is 4.99 Å². The lowest BCUT2D eigenvalue weighted by Crippen LogP contribution is -2.34. The number of carbonyl (C=O) groups excluding carboxylic acids is 1. The Balaban J connectivity index is 2.17. The second-order valence-electron chi connectivity index (χ2n) is 5.23. The summed E-state index contributed by atoms with van der Waals surface area (Å²) >= 11 is 4.67. The number of alkyl halides is 1. The maximum absolute atomic E-state index is 14.4. The molecule has 1 N–H and O–H groups in total. The van der Waals surface area contributed by atoms with Gasteiger partial charge in [-0.05, 0) is 13.0 Å². The number of amidine groups is 1. The number of nitrogens with one attached hydrogen (secondary N) is 1. The van der Waals surface area contributed by atoms with Gasteiger partial charge in [0.25, 0.3) is 0 Å². The molecule has 0 saturated heterocycles. The Bertz CT molecular complexity index is 884. The highest BCUT2D eigenvalue weighted by atomic mass is 79.9. The first-order valence-corrected chi connectivity index (χ1v) is 9.71. The van der Waals surface area contributed by atoms with Crippen molar-refractivity contribution < 1.29 is 18.3 Å². The molecule has 1 aromatic carbocycles. The molecule has 0 unspecified atom stereocenters. The van der Waals surface area contributed by atoms with Gasteiger partial charge in [-0.15, -0.1) is 11.3 Å². The SMILES string of the molecule is CCOC(=O)C1=C(CBr)NC(c2nccs2)=N[C@H]1c1cccc(F)c1F. The number of benzene rings is 1. The fraction of sp³-hybridized carbons (Fsp3) is 0.235. The fourth-order valence-electron chi connectivity index (χ4n) is 2.56. The van der Waals surface area contributed by atoms with Crippen molar-refractivity contribution in [3.8, 4) is 0 Å². The summed E-state index contributed by atoms with van der Waals surface area (Å²) in [6, 6.07) is 2.76. The van der Waals surface area contributed by atoms with E-state index in [0.717, 1.165) is 6.07 Å². The summed E-state index contributed by atoms with van der Waals surface area (Å²) < 4.78 is 33.3. The van der Waals surface area contributed by atoms with Crippen LogP contribution in [0.25, 0.3) is 0 Å². The van der Waals surface area contributed by atoms with Crippen molar-refractivity contribution >= 4 is 39.1 Å². The van der Waals surface area contributed by atoms with Crippen molar-refractivity contribution in [1.29, 1.82) is 0 Å². The van der Waals surface area contributed by atoms with Crippen molar-refractivity contribution in [2.45, 2.75) is 13.0 Å². The molecule has 0 radical (unpaired) electrons. The van der Waals surface area contributed by atoms with Gasteiger partial charge in [0, 0.05) is 28.2 Å². The van der Waals surface area contributed by atoms with Gasteiger partial charge in [-0.25, -0.2) is 18.6 Å². The lowest BCUT2D eigenvalue weighted by Gasteiger charge is -2.26. The highest BCUT2D eigenvalue weighted by Gasteiger charge is 2.34. The maximum Gasteiger partial charge on any atom is 0.338 e. The van der Waals surface area contributed by atoms with E-state index < -0.39 is 23.6 Å². The van der Waals surface area contributed by atoms with Crippen LogP contribution in [0.4, 0.5) is 8.78 Å². The smallest absolute Gasteiger partial charge is 0.338 e. The van der Waals surface area contributed by atoms with E-state index in [1.807, 2.05) is 0 Å². The van der Waals surface area contributed by atoms with E-state index in [2.05, 4.69) is 31.2 Å². The molecule has 0 amide bonds. The van der Waals surface area contributed by atoms with Gasteiger partial charge in [0.2, 0.25) is 0 Å². The summed E-state index contributed by atoms with van der Waals surface area (Å²) in [4.78, 5) is 21.1. The normalized spacial score (nSPS) is 16.9. The molecule has 1 aliphatic rings. The summed E-state index contributed by atoms with van der Waals surface area (Å²) in [6.07, 6.45) is 1.61. The Morgan fingerprint density at radius 1 is 1.42 bits per heavy atom. The third-order valence-electron chi connectivity index (χ3n) is 3.67. The van der Waals surface area contributed by atoms with Gasteiger partial charge < -0.3 is 10.1 Å². The Labute approximate surface area is 160 Å². The predicted molar refractivity (Wildman–Crippen MR) is 98.3 cm³/mol. The molecule has 0 saturated carbocycles. The zero-order valence-corrected chi connectivity index (χ0v) is 16.0. The highest BCUT2D eigenvalue weighted by molar-refractivity contribution is 9.09. The molecule has 2 aromatic rings. The molecule has 1 aliphatic heterocycles. The van der Waals surface area contributed by atoms with Gasteiger partial charge in [0.1, 0.15) is 6.04 Å². The minimum absolute atomic E-state index is 0.0398. The van der Waals surface area contributed by atoms with E-state index in [9.17, 15) is 13.6 Å². The molecule has 1 atom stereocenters. The second kappa shape index (κ2) is 8.05. The number of hydrogen-bond acceptors (Lipinski definition) is 6. The lowest BCUT2D eigenvalue weighted by molar-refractivity contribution is -0.138. The zero-order chi connectivity index (χ0) is 18.7. The number of hydrogen-bond donors (Lipinski definition) is 1. The molecule has 3 rings (SSSR count). The first kappa shape index (κ1) is 18.7. The molecular formula is C17H14BrF2N3O2S. The topological polar surface area (TPSA) is 63.6 Å². The molecule has 26 heavy (non-hydrogen) atoms. The number of halogens is 3. The fourth-order valence-corrected chi connectivity index (χ4v) is 3.59. The minimum atomic E-state index is -1.04. The van der Waals surface area contributed by atoms with Crippen molar-refractivity contribution in [3.05, 3.63) is 63.3 Å². The molecule has 9 heteroatoms. The standard InChI is InChI=1S/C17H14BrF2N3O2S/c1-2-25-17(24)12-11(8-18)22-15(16-21-6-7-26-16)23-14(12)9-4-3-5-10(19)13(9)20/h3-7,14H,2,8H2,1H3,(H,22,23)/t14-/m0/s1. The quantitative estimate of drug-likeness (QED) is 0.567. The van der Waals surface area contributed by atoms with E-state index in [4.69, 9.17) is 4.74 Å². The summed E-state index contributed by atoms with van der Waals surface area (Å²) in [5.74, 6) is -2.30. The molecule has 5 nitrogen and oxygen atoms in total. The summed E-state index contributed by atoms with van der Waals surface area (Å²) in [5, 5.41) is 5.67. The number of rotatable bonds is 5. The molecule has 136 valence electrons. The Morgan fingerprint density at radius 2 is 2.23 bits per heavy atom. The van der Waals surface area contributed by atoms with Crippen LogP contribution in [0.2, 0.25) is 0 Å². The van der Waals surface area contributed by atoms with Crippen LogP contribution in [0.3, 0.4) is 0 Å². The largest absolute Gasteiger partial charge is 0.463 e. The predicted octanol–water partition coefficient (Wildman–Crippen LogP) is 3.72. The monoisotopic (exact) mass is 441 g/mol. The van der Waals surface area contributed by atoms with Crippen LogP contribution in [0.5, 0.6) is 0 Å². The van der Waals surface area contributed by atoms with Gasteiger partial charge in [0.15, 0.2) is 22.5 Å². The van der Waals surface area contributed by atoms with Gasteiger partial charge in [-0.2, -0.15) is 0 Å². The number of aliphatic imine (C=N–C) groups is 1. The van der Waals surface area contributed by atoms with Crippen LogP contribution >= 0.6 is 27.3 Å². The van der Waals surface area contributed by atoms with Crippen molar-refractivity contribution in [1.82, 2.24) is 10.3 Å². The van der Waals surface area contributed by atoms with Crippen LogP contribution in [-0.2, 0) is 9.53 Å². The van der Waals surface area contributed by atoms with Gasteiger partial charge in [-0.1, -0.05) is 28.1 Å². The highest BCUT2D eigenvalue weighted by Crippen LogP contribution is 2.35.